The van der Waals surface area contributed by atoms with Crippen molar-refractivity contribution in [2.45, 2.75) is 18.7 Å². The van der Waals surface area contributed by atoms with E-state index in [4.69, 9.17) is 11.6 Å². The van der Waals surface area contributed by atoms with E-state index in [9.17, 15) is 4.79 Å². The first-order valence-corrected chi connectivity index (χ1v) is 6.51. The van der Waals surface area contributed by atoms with E-state index in [1.807, 2.05) is 60.7 Å². The Balaban J connectivity index is 2.49. The van der Waals surface area contributed by atoms with Crippen molar-refractivity contribution in [3.05, 3.63) is 60.7 Å². The van der Waals surface area contributed by atoms with Gasteiger partial charge in [0.25, 0.3) is 5.91 Å². The van der Waals surface area contributed by atoms with Crippen molar-refractivity contribution in [1.82, 2.24) is 0 Å². The van der Waals surface area contributed by atoms with Crippen LogP contribution in [0.25, 0.3) is 0 Å². The Morgan fingerprint density at radius 2 is 1.26 bits per heavy atom. The van der Waals surface area contributed by atoms with Crippen molar-refractivity contribution < 1.29 is 4.79 Å². The Morgan fingerprint density at radius 3 is 1.58 bits per heavy atom. The van der Waals surface area contributed by atoms with Gasteiger partial charge >= 0.3 is 0 Å². The van der Waals surface area contributed by atoms with Crippen LogP contribution in [0.3, 0.4) is 0 Å². The predicted octanol–water partition coefficient (Wildman–Crippen LogP) is 4.37. The molecule has 0 aliphatic heterocycles. The van der Waals surface area contributed by atoms with Gasteiger partial charge in [-0.1, -0.05) is 36.4 Å². The lowest BCUT2D eigenvalue weighted by Crippen LogP contribution is -2.39. The predicted molar refractivity (Wildman–Crippen MR) is 80.0 cm³/mol. The molecule has 3 heteroatoms. The first-order chi connectivity index (χ1) is 9.00. The highest BCUT2D eigenvalue weighted by Gasteiger charge is 2.31. The van der Waals surface area contributed by atoms with E-state index >= 15 is 0 Å². The van der Waals surface area contributed by atoms with Crippen LogP contribution in [-0.2, 0) is 4.79 Å². The molecule has 1 amide bonds. The molecule has 0 N–H and O–H groups in total. The van der Waals surface area contributed by atoms with E-state index in [0.29, 0.717) is 0 Å². The van der Waals surface area contributed by atoms with Crippen molar-refractivity contribution in [2.75, 3.05) is 4.90 Å². The molecule has 0 radical (unpaired) electrons. The van der Waals surface area contributed by atoms with Gasteiger partial charge in [-0.25, -0.2) is 0 Å². The average Bonchev–Trinajstić information content (AvgIpc) is 2.40. The number of hydrogen-bond acceptors (Lipinski definition) is 1. The second-order valence-corrected chi connectivity index (χ2v) is 5.73. The second kappa shape index (κ2) is 5.45. The third-order valence-electron chi connectivity index (χ3n) is 2.74. The maximum absolute atomic E-state index is 12.6. The fourth-order valence-corrected chi connectivity index (χ4v) is 1.89. The largest absolute Gasteiger partial charge is 0.280 e. The molecule has 0 heterocycles. The van der Waals surface area contributed by atoms with Crippen molar-refractivity contribution in [3.63, 3.8) is 0 Å². The molecule has 2 rings (SSSR count). The fraction of sp³-hybridized carbons (Fsp3) is 0.188. The zero-order chi connectivity index (χ0) is 13.9. The van der Waals surface area contributed by atoms with Crippen LogP contribution in [0.15, 0.2) is 60.7 Å². The summed E-state index contributed by atoms with van der Waals surface area (Å²) in [5, 5.41) is 0. The Hall–Kier alpha value is -1.80. The first-order valence-electron chi connectivity index (χ1n) is 6.14. The zero-order valence-electron chi connectivity index (χ0n) is 11.0. The summed E-state index contributed by atoms with van der Waals surface area (Å²) in [7, 11) is 0. The maximum atomic E-state index is 12.6. The summed E-state index contributed by atoms with van der Waals surface area (Å²) in [4.78, 5) is 13.3. The fourth-order valence-electron chi connectivity index (χ4n) is 1.80. The Bertz CT molecular complexity index is 506. The number of amides is 1. The number of carbonyl (C=O) groups excluding carboxylic acids is 1. The summed E-state index contributed by atoms with van der Waals surface area (Å²) in [6, 6.07) is 19.0. The van der Waals surface area contributed by atoms with Gasteiger partial charge in [-0.2, -0.15) is 0 Å². The highest BCUT2D eigenvalue weighted by atomic mass is 35.5. The van der Waals surface area contributed by atoms with Gasteiger partial charge in [0, 0.05) is 11.4 Å². The summed E-state index contributed by atoms with van der Waals surface area (Å²) < 4.78 is 0. The van der Waals surface area contributed by atoms with Crippen molar-refractivity contribution >= 4 is 28.9 Å². The van der Waals surface area contributed by atoms with Crippen LogP contribution in [-0.4, -0.2) is 10.8 Å². The summed E-state index contributed by atoms with van der Waals surface area (Å²) in [6.07, 6.45) is 0. The van der Waals surface area contributed by atoms with Crippen LogP contribution in [0.4, 0.5) is 11.4 Å². The molecule has 0 fully saturated rings. The summed E-state index contributed by atoms with van der Waals surface area (Å²) >= 11 is 6.19. The monoisotopic (exact) mass is 273 g/mol. The Morgan fingerprint density at radius 1 is 0.895 bits per heavy atom. The third kappa shape index (κ3) is 3.15. The minimum absolute atomic E-state index is 0.147. The molecule has 0 spiro atoms. The quantitative estimate of drug-likeness (QED) is 0.761. The molecule has 0 aliphatic carbocycles. The molecular weight excluding hydrogens is 258 g/mol. The molecule has 0 aliphatic rings. The number of rotatable bonds is 3. The molecule has 98 valence electrons. The van der Waals surface area contributed by atoms with Gasteiger partial charge in [-0.3, -0.25) is 9.69 Å². The van der Waals surface area contributed by atoms with Crippen LogP contribution in [0, 0.1) is 0 Å². The lowest BCUT2D eigenvalue weighted by atomic mass is 10.1. The molecule has 0 saturated carbocycles. The van der Waals surface area contributed by atoms with Gasteiger partial charge in [0.1, 0.15) is 4.87 Å². The smallest absolute Gasteiger partial charge is 0.252 e. The normalized spacial score (nSPS) is 11.1. The van der Waals surface area contributed by atoms with E-state index in [-0.39, 0.29) is 5.91 Å². The van der Waals surface area contributed by atoms with Gasteiger partial charge in [-0.05, 0) is 38.1 Å². The number of alkyl halides is 1. The lowest BCUT2D eigenvalue weighted by Gasteiger charge is -2.28. The number of benzene rings is 2. The summed E-state index contributed by atoms with van der Waals surface area (Å²) in [5.74, 6) is -0.147. The first kappa shape index (κ1) is 13.6. The molecular formula is C16H16ClNO. The van der Waals surface area contributed by atoms with E-state index < -0.39 is 4.87 Å². The van der Waals surface area contributed by atoms with E-state index in [1.54, 1.807) is 18.7 Å². The number of hydrogen-bond donors (Lipinski definition) is 0. The van der Waals surface area contributed by atoms with Crippen LogP contribution >= 0.6 is 11.6 Å². The van der Waals surface area contributed by atoms with E-state index in [1.165, 1.54) is 0 Å². The average molecular weight is 274 g/mol. The Labute approximate surface area is 118 Å². The van der Waals surface area contributed by atoms with Crippen LogP contribution in [0.2, 0.25) is 0 Å². The lowest BCUT2D eigenvalue weighted by molar-refractivity contribution is -0.119. The molecule has 2 nitrogen and oxygen atoms in total. The van der Waals surface area contributed by atoms with Crippen molar-refractivity contribution in [1.29, 1.82) is 0 Å². The number of carbonyl (C=O) groups is 1. The summed E-state index contributed by atoms with van der Waals surface area (Å²) in [5.41, 5.74) is 1.62. The van der Waals surface area contributed by atoms with Gasteiger partial charge < -0.3 is 0 Å². The van der Waals surface area contributed by atoms with Gasteiger partial charge in [0.15, 0.2) is 0 Å². The van der Waals surface area contributed by atoms with Crippen molar-refractivity contribution in [3.8, 4) is 0 Å². The molecule has 0 atom stereocenters. The molecule has 19 heavy (non-hydrogen) atoms. The number of halogens is 1. The van der Waals surface area contributed by atoms with Gasteiger partial charge in [-0.15, -0.1) is 11.6 Å². The highest BCUT2D eigenvalue weighted by molar-refractivity contribution is 6.37. The SMILES string of the molecule is CC(C)(Cl)C(=O)N(c1ccccc1)c1ccccc1. The highest BCUT2D eigenvalue weighted by Crippen LogP contribution is 2.29. The van der Waals surface area contributed by atoms with E-state index in [0.717, 1.165) is 11.4 Å². The number of anilines is 2. The summed E-state index contributed by atoms with van der Waals surface area (Å²) in [6.45, 7) is 3.41. The Kier molecular flexibility index (Phi) is 3.91. The number of nitrogens with zero attached hydrogens (tertiary/aromatic N) is 1. The van der Waals surface area contributed by atoms with Crippen LogP contribution < -0.4 is 4.90 Å². The minimum Gasteiger partial charge on any atom is -0.280 e. The second-order valence-electron chi connectivity index (χ2n) is 4.78. The molecule has 0 aromatic heterocycles. The standard InChI is InChI=1S/C16H16ClNO/c1-16(2,17)15(19)18(13-9-5-3-6-10-13)14-11-7-4-8-12-14/h3-12H,1-2H3. The van der Waals surface area contributed by atoms with Gasteiger partial charge in [0.2, 0.25) is 0 Å². The third-order valence-corrected chi connectivity index (χ3v) is 2.90. The zero-order valence-corrected chi connectivity index (χ0v) is 11.8. The molecule has 0 bridgehead atoms. The minimum atomic E-state index is -0.953. The number of para-hydroxylation sites is 2. The molecule has 0 saturated heterocycles. The molecule has 0 unspecified atom stereocenters. The molecule has 2 aromatic carbocycles. The maximum Gasteiger partial charge on any atom is 0.252 e. The van der Waals surface area contributed by atoms with E-state index in [2.05, 4.69) is 0 Å². The van der Waals surface area contributed by atoms with Crippen LogP contribution in [0.5, 0.6) is 0 Å². The van der Waals surface area contributed by atoms with Gasteiger partial charge in [0.05, 0.1) is 0 Å². The van der Waals surface area contributed by atoms with Crippen LogP contribution in [0.1, 0.15) is 13.8 Å². The topological polar surface area (TPSA) is 20.3 Å². The van der Waals surface area contributed by atoms with Crippen molar-refractivity contribution in [2.24, 2.45) is 0 Å². The molecule has 2 aromatic rings.